The summed E-state index contributed by atoms with van der Waals surface area (Å²) >= 11 is 0. The molecule has 0 radical (unpaired) electrons. The fourth-order valence-electron chi connectivity index (χ4n) is 14.0. The van der Waals surface area contributed by atoms with Crippen molar-refractivity contribution in [1.82, 2.24) is 0 Å². The van der Waals surface area contributed by atoms with Gasteiger partial charge in [0, 0.05) is 25.7 Å². The van der Waals surface area contributed by atoms with Crippen LogP contribution in [0.15, 0.2) is 0 Å². The minimum atomic E-state index is -4.97. The van der Waals surface area contributed by atoms with Crippen molar-refractivity contribution in [2.45, 2.75) is 502 Å². The van der Waals surface area contributed by atoms with Crippen molar-refractivity contribution in [2.24, 2.45) is 5.92 Å². The highest BCUT2D eigenvalue weighted by Gasteiger charge is 2.30. The lowest BCUT2D eigenvalue weighted by Gasteiger charge is -2.21. The summed E-state index contributed by atoms with van der Waals surface area (Å²) in [7, 11) is -9.92. The second kappa shape index (κ2) is 81.6. The Hall–Kier alpha value is -1.94. The van der Waals surface area contributed by atoms with E-state index in [1.54, 1.807) is 0 Å². The van der Waals surface area contributed by atoms with Gasteiger partial charge in [0.2, 0.25) is 0 Å². The third-order valence-corrected chi connectivity index (χ3v) is 22.9. The molecule has 642 valence electrons. The predicted octanol–water partition coefficient (Wildman–Crippen LogP) is 27.5. The standard InChI is InChI=1S/C89H174O17P2/c1-6-9-12-15-18-20-22-24-26-28-30-32-33-35-37-42-46-50-54-59-64-70-75-89(94)106-85(79-100-87(92)73-68-63-58-53-49-45-41-36-34-31-29-27-25-23-21-19-16-13-10-7-2)81-104-108(97,98)102-77-83(90)76-101-107(95,96)103-80-84(78-99-86(91)72-67-62-56-17-14-11-8-3)105-88(93)74-69-65-60-55-51-47-43-39-38-40-44-48-52-57-61-66-71-82(4)5/h82-85,90H,6-81H2,1-5H3,(H,95,96)(H,97,98)/t83-,84+,85+/m0/s1. The molecule has 0 aliphatic rings. The van der Waals surface area contributed by atoms with Crippen molar-refractivity contribution in [1.29, 1.82) is 0 Å². The molecule has 0 rings (SSSR count). The number of phosphoric acid groups is 2. The zero-order valence-electron chi connectivity index (χ0n) is 71.0. The highest BCUT2D eigenvalue weighted by Crippen LogP contribution is 2.45. The third kappa shape index (κ3) is 82.1. The van der Waals surface area contributed by atoms with Gasteiger partial charge in [-0.2, -0.15) is 0 Å². The Bertz CT molecular complexity index is 2050. The molecule has 0 saturated carbocycles. The summed E-state index contributed by atoms with van der Waals surface area (Å²) in [6.45, 7) is 7.36. The molecule has 0 fully saturated rings. The molecule has 0 aliphatic heterocycles. The number of carbonyl (C=O) groups is 4. The largest absolute Gasteiger partial charge is 0.472 e. The molecule has 17 nitrogen and oxygen atoms in total. The Morgan fingerprint density at radius 2 is 0.426 bits per heavy atom. The van der Waals surface area contributed by atoms with Crippen molar-refractivity contribution in [3.8, 4) is 0 Å². The molecule has 19 heteroatoms. The first-order chi connectivity index (χ1) is 52.5. The second-order valence-electron chi connectivity index (χ2n) is 32.5. The fraction of sp³-hybridized carbons (Fsp3) is 0.955. The van der Waals surface area contributed by atoms with E-state index in [0.717, 1.165) is 109 Å². The molecule has 5 atom stereocenters. The van der Waals surface area contributed by atoms with E-state index in [1.165, 1.54) is 295 Å². The SMILES string of the molecule is CCCCCCCCCCCCCCCCCCCCCCCCC(=O)O[C@H](COC(=O)CCCCCCCCCCCCCCCCCCCCCC)COP(=O)(O)OC[C@@H](O)COP(=O)(O)OC[C@@H](COC(=O)CCCCCCCCC)OC(=O)CCCCCCCCCCCCCCCCCCC(C)C. The Balaban J connectivity index is 5.14. The van der Waals surface area contributed by atoms with Crippen LogP contribution in [0.2, 0.25) is 0 Å². The van der Waals surface area contributed by atoms with Crippen molar-refractivity contribution in [3.63, 3.8) is 0 Å². The second-order valence-corrected chi connectivity index (χ2v) is 35.4. The number of hydrogen-bond donors (Lipinski definition) is 3. The van der Waals surface area contributed by atoms with Gasteiger partial charge in [-0.1, -0.05) is 433 Å². The van der Waals surface area contributed by atoms with Crippen LogP contribution in [-0.4, -0.2) is 96.7 Å². The summed E-state index contributed by atoms with van der Waals surface area (Å²) in [6.07, 6.45) is 76.8. The van der Waals surface area contributed by atoms with E-state index < -0.39 is 97.5 Å². The number of aliphatic hydroxyl groups is 1. The lowest BCUT2D eigenvalue weighted by atomic mass is 10.0. The van der Waals surface area contributed by atoms with E-state index in [9.17, 15) is 43.2 Å². The van der Waals surface area contributed by atoms with Crippen molar-refractivity contribution < 1.29 is 80.2 Å². The highest BCUT2D eigenvalue weighted by atomic mass is 31.2. The van der Waals surface area contributed by atoms with Gasteiger partial charge in [0.1, 0.15) is 19.3 Å². The molecule has 2 unspecified atom stereocenters. The van der Waals surface area contributed by atoms with Crippen LogP contribution in [0.3, 0.4) is 0 Å². The van der Waals surface area contributed by atoms with Gasteiger partial charge in [0.25, 0.3) is 0 Å². The molecule has 0 spiro atoms. The summed E-state index contributed by atoms with van der Waals surface area (Å²) in [6, 6.07) is 0. The normalized spacial score (nSPS) is 13.7. The smallest absolute Gasteiger partial charge is 0.462 e. The highest BCUT2D eigenvalue weighted by molar-refractivity contribution is 7.47. The van der Waals surface area contributed by atoms with E-state index in [4.69, 9.17) is 37.0 Å². The fourth-order valence-corrected chi connectivity index (χ4v) is 15.6. The predicted molar refractivity (Wildman–Crippen MR) is 446 cm³/mol. The summed E-state index contributed by atoms with van der Waals surface area (Å²) in [5, 5.41) is 10.7. The topological polar surface area (TPSA) is 237 Å². The minimum absolute atomic E-state index is 0.108. The average molecular weight is 1580 g/mol. The quantitative estimate of drug-likeness (QED) is 0.0222. The Kier molecular flexibility index (Phi) is 80.2. The van der Waals surface area contributed by atoms with E-state index in [0.29, 0.717) is 25.7 Å². The number of rotatable bonds is 89. The number of hydrogen-bond acceptors (Lipinski definition) is 15. The molecule has 0 saturated heterocycles. The van der Waals surface area contributed by atoms with Gasteiger partial charge in [-0.05, 0) is 31.6 Å². The maximum absolute atomic E-state index is 13.2. The summed E-state index contributed by atoms with van der Waals surface area (Å²) in [5.74, 6) is -1.29. The van der Waals surface area contributed by atoms with E-state index >= 15 is 0 Å². The van der Waals surface area contributed by atoms with Crippen molar-refractivity contribution in [2.75, 3.05) is 39.6 Å². The van der Waals surface area contributed by atoms with Crippen LogP contribution in [0.25, 0.3) is 0 Å². The zero-order chi connectivity index (χ0) is 79.0. The number of esters is 4. The first-order valence-corrected chi connectivity index (χ1v) is 49.1. The van der Waals surface area contributed by atoms with E-state index in [-0.39, 0.29) is 25.7 Å². The molecular weight excluding hydrogens is 1400 g/mol. The first-order valence-electron chi connectivity index (χ1n) is 46.1. The van der Waals surface area contributed by atoms with Crippen molar-refractivity contribution >= 4 is 39.5 Å². The maximum atomic E-state index is 13.2. The molecule has 0 aromatic carbocycles. The van der Waals surface area contributed by atoms with E-state index in [1.807, 2.05) is 0 Å². The van der Waals surface area contributed by atoms with Crippen LogP contribution >= 0.6 is 15.6 Å². The zero-order valence-corrected chi connectivity index (χ0v) is 72.8. The van der Waals surface area contributed by atoms with Gasteiger partial charge < -0.3 is 33.8 Å². The molecule has 0 aromatic rings. The summed E-state index contributed by atoms with van der Waals surface area (Å²) in [4.78, 5) is 73.2. The average Bonchev–Trinajstić information content (AvgIpc) is 0.899. The van der Waals surface area contributed by atoms with Crippen LogP contribution in [0.1, 0.15) is 484 Å². The molecule has 0 aliphatic carbocycles. The van der Waals surface area contributed by atoms with Crippen LogP contribution < -0.4 is 0 Å². The lowest BCUT2D eigenvalue weighted by molar-refractivity contribution is -0.161. The van der Waals surface area contributed by atoms with Gasteiger partial charge in [-0.25, -0.2) is 9.13 Å². The third-order valence-electron chi connectivity index (χ3n) is 21.0. The van der Waals surface area contributed by atoms with Gasteiger partial charge >= 0.3 is 39.5 Å². The van der Waals surface area contributed by atoms with Crippen LogP contribution in [0.4, 0.5) is 0 Å². The minimum Gasteiger partial charge on any atom is -0.462 e. The number of phosphoric ester groups is 2. The molecule has 3 N–H and O–H groups in total. The van der Waals surface area contributed by atoms with E-state index in [2.05, 4.69) is 34.6 Å². The molecular formula is C89H174O17P2. The van der Waals surface area contributed by atoms with Gasteiger partial charge in [-0.3, -0.25) is 37.3 Å². The van der Waals surface area contributed by atoms with Gasteiger partial charge in [-0.15, -0.1) is 0 Å². The van der Waals surface area contributed by atoms with Crippen LogP contribution in [-0.2, 0) is 65.4 Å². The molecule has 108 heavy (non-hydrogen) atoms. The van der Waals surface area contributed by atoms with Crippen LogP contribution in [0.5, 0.6) is 0 Å². The number of ether oxygens (including phenoxy) is 4. The first kappa shape index (κ1) is 106. The van der Waals surface area contributed by atoms with Crippen molar-refractivity contribution in [3.05, 3.63) is 0 Å². The molecule has 0 aromatic heterocycles. The van der Waals surface area contributed by atoms with Gasteiger partial charge in [0.15, 0.2) is 12.2 Å². The number of unbranched alkanes of at least 4 members (excludes halogenated alkanes) is 61. The maximum Gasteiger partial charge on any atom is 0.472 e. The summed E-state index contributed by atoms with van der Waals surface area (Å²) in [5.41, 5.74) is 0. The monoisotopic (exact) mass is 1580 g/mol. The Morgan fingerprint density at radius 3 is 0.630 bits per heavy atom. The number of carbonyl (C=O) groups excluding carboxylic acids is 4. The molecule has 0 amide bonds. The Labute approximate surface area is 664 Å². The Morgan fingerprint density at radius 1 is 0.250 bits per heavy atom. The molecule has 0 bridgehead atoms. The van der Waals surface area contributed by atoms with Crippen LogP contribution in [0, 0.1) is 5.92 Å². The molecule has 0 heterocycles. The summed E-state index contributed by atoms with van der Waals surface area (Å²) < 4.78 is 68.9. The van der Waals surface area contributed by atoms with Gasteiger partial charge in [0.05, 0.1) is 26.4 Å². The number of aliphatic hydroxyl groups excluding tert-OH is 1. The lowest BCUT2D eigenvalue weighted by Crippen LogP contribution is -2.30.